The Labute approximate surface area is 193 Å². The molecule has 1 fully saturated rings. The van der Waals surface area contributed by atoms with Crippen molar-refractivity contribution in [2.45, 2.75) is 38.0 Å². The van der Waals surface area contributed by atoms with E-state index in [4.69, 9.17) is 11.6 Å². The van der Waals surface area contributed by atoms with E-state index in [0.29, 0.717) is 10.7 Å². The van der Waals surface area contributed by atoms with Crippen molar-refractivity contribution in [2.75, 3.05) is 4.90 Å². The minimum atomic E-state index is -0.374. The summed E-state index contributed by atoms with van der Waals surface area (Å²) in [5, 5.41) is 0.583. The lowest BCUT2D eigenvalue weighted by Crippen LogP contribution is -2.41. The van der Waals surface area contributed by atoms with Crippen LogP contribution in [0.2, 0.25) is 5.02 Å². The number of halogens is 1. The molecular formula is C28H24ClNO2. The van der Waals surface area contributed by atoms with Crippen LogP contribution in [0.25, 0.3) is 0 Å². The van der Waals surface area contributed by atoms with Crippen LogP contribution in [0, 0.1) is 11.8 Å². The SMILES string of the molecule is CC(C)(C)c1ccc2c(c1)C1c3ccccc3C2C2C(=O)N(c3ccc(Cl)cc3)C(=O)C12. The van der Waals surface area contributed by atoms with Crippen LogP contribution in [-0.4, -0.2) is 11.8 Å². The smallest absolute Gasteiger partial charge is 0.238 e. The lowest BCUT2D eigenvalue weighted by Gasteiger charge is -2.46. The van der Waals surface area contributed by atoms with Crippen molar-refractivity contribution >= 4 is 29.1 Å². The molecule has 3 aromatic rings. The van der Waals surface area contributed by atoms with E-state index in [1.807, 2.05) is 12.1 Å². The fraction of sp³-hybridized carbons (Fsp3) is 0.286. The molecule has 1 saturated heterocycles. The van der Waals surface area contributed by atoms with Crippen LogP contribution in [0.5, 0.6) is 0 Å². The van der Waals surface area contributed by atoms with Gasteiger partial charge in [0.1, 0.15) is 0 Å². The third kappa shape index (κ3) is 2.55. The molecule has 0 N–H and O–H groups in total. The average molecular weight is 442 g/mol. The summed E-state index contributed by atoms with van der Waals surface area (Å²) < 4.78 is 0. The van der Waals surface area contributed by atoms with Crippen molar-refractivity contribution < 1.29 is 9.59 Å². The predicted octanol–water partition coefficient (Wildman–Crippen LogP) is 6.03. The minimum Gasteiger partial charge on any atom is -0.274 e. The van der Waals surface area contributed by atoms with Gasteiger partial charge < -0.3 is 0 Å². The number of carbonyl (C=O) groups excluding carboxylic acids is 2. The number of hydrogen-bond donors (Lipinski definition) is 0. The summed E-state index contributed by atoms with van der Waals surface area (Å²) in [6.45, 7) is 6.62. The number of hydrogen-bond acceptors (Lipinski definition) is 2. The number of carbonyl (C=O) groups is 2. The van der Waals surface area contributed by atoms with Gasteiger partial charge in [-0.2, -0.15) is 0 Å². The number of imide groups is 1. The number of anilines is 1. The van der Waals surface area contributed by atoms with Gasteiger partial charge in [0.15, 0.2) is 0 Å². The highest BCUT2D eigenvalue weighted by atomic mass is 35.5. The van der Waals surface area contributed by atoms with Crippen LogP contribution in [0.4, 0.5) is 5.69 Å². The molecule has 4 atom stereocenters. The predicted molar refractivity (Wildman–Crippen MR) is 126 cm³/mol. The third-order valence-electron chi connectivity index (χ3n) is 7.49. The maximum absolute atomic E-state index is 13.8. The molecule has 2 amide bonds. The van der Waals surface area contributed by atoms with E-state index in [1.165, 1.54) is 32.7 Å². The Hall–Kier alpha value is -2.91. The van der Waals surface area contributed by atoms with Crippen molar-refractivity contribution in [3.05, 3.63) is 99.6 Å². The second kappa shape index (κ2) is 6.55. The van der Waals surface area contributed by atoms with E-state index in [2.05, 4.69) is 51.1 Å². The first kappa shape index (κ1) is 19.8. The molecular weight excluding hydrogens is 418 g/mol. The normalized spacial score (nSPS) is 25.6. The molecule has 1 aliphatic heterocycles. The van der Waals surface area contributed by atoms with Crippen LogP contribution in [0.3, 0.4) is 0 Å². The molecule has 0 aromatic heterocycles. The molecule has 0 spiro atoms. The van der Waals surface area contributed by atoms with E-state index >= 15 is 0 Å². The molecule has 32 heavy (non-hydrogen) atoms. The molecule has 3 aromatic carbocycles. The first-order chi connectivity index (χ1) is 15.3. The van der Waals surface area contributed by atoms with Gasteiger partial charge in [0.2, 0.25) is 11.8 Å². The number of benzene rings is 3. The highest BCUT2D eigenvalue weighted by Crippen LogP contribution is 2.61. The Bertz CT molecular complexity index is 1290. The van der Waals surface area contributed by atoms with E-state index in [1.54, 1.807) is 24.3 Å². The van der Waals surface area contributed by atoms with Gasteiger partial charge in [-0.3, -0.25) is 9.59 Å². The van der Waals surface area contributed by atoms with Crippen LogP contribution in [-0.2, 0) is 15.0 Å². The second-order valence-corrected chi connectivity index (χ2v) is 10.7. The van der Waals surface area contributed by atoms with Crippen molar-refractivity contribution in [3.8, 4) is 0 Å². The summed E-state index contributed by atoms with van der Waals surface area (Å²) in [6.07, 6.45) is 0. The zero-order chi connectivity index (χ0) is 22.4. The van der Waals surface area contributed by atoms with E-state index in [9.17, 15) is 9.59 Å². The Balaban J connectivity index is 1.56. The quantitative estimate of drug-likeness (QED) is 0.432. The zero-order valence-electron chi connectivity index (χ0n) is 18.3. The fourth-order valence-electron chi connectivity index (χ4n) is 6.04. The lowest BCUT2D eigenvalue weighted by atomic mass is 9.54. The second-order valence-electron chi connectivity index (χ2n) is 10.2. The van der Waals surface area contributed by atoms with Gasteiger partial charge >= 0.3 is 0 Å². The molecule has 4 unspecified atom stereocenters. The van der Waals surface area contributed by atoms with E-state index < -0.39 is 0 Å². The summed E-state index contributed by atoms with van der Waals surface area (Å²) in [4.78, 5) is 28.9. The Morgan fingerprint density at radius 2 is 1.25 bits per heavy atom. The largest absolute Gasteiger partial charge is 0.274 e. The maximum atomic E-state index is 13.8. The average Bonchev–Trinajstić information content (AvgIpc) is 3.04. The molecule has 160 valence electrons. The molecule has 3 nitrogen and oxygen atoms in total. The van der Waals surface area contributed by atoms with Gasteiger partial charge in [-0.05, 0) is 57.5 Å². The molecule has 0 saturated carbocycles. The van der Waals surface area contributed by atoms with E-state index in [-0.39, 0.29) is 40.9 Å². The van der Waals surface area contributed by atoms with Crippen molar-refractivity contribution in [2.24, 2.45) is 11.8 Å². The number of rotatable bonds is 1. The highest BCUT2D eigenvalue weighted by molar-refractivity contribution is 6.31. The minimum absolute atomic E-state index is 0.00941. The van der Waals surface area contributed by atoms with Gasteiger partial charge in [0.05, 0.1) is 17.5 Å². The van der Waals surface area contributed by atoms with Crippen molar-refractivity contribution in [1.29, 1.82) is 0 Å². The molecule has 3 aliphatic carbocycles. The summed E-state index contributed by atoms with van der Waals surface area (Å²) in [5.74, 6) is -1.14. The van der Waals surface area contributed by atoms with Gasteiger partial charge in [-0.15, -0.1) is 0 Å². The standard InChI is InChI=1S/C28H24ClNO2/c1-28(2,3)15-8-13-20-21(14-15)23-19-7-5-4-6-18(19)22(20)24-25(23)27(32)30(26(24)31)17-11-9-16(29)10-12-17/h4-14,22-25H,1-3H3. The van der Waals surface area contributed by atoms with Gasteiger partial charge in [-0.25, -0.2) is 4.90 Å². The van der Waals surface area contributed by atoms with Crippen LogP contribution < -0.4 is 4.90 Å². The molecule has 4 heteroatoms. The first-order valence-corrected chi connectivity index (χ1v) is 11.5. The van der Waals surface area contributed by atoms with Gasteiger partial charge in [-0.1, -0.05) is 74.8 Å². The Morgan fingerprint density at radius 3 is 1.81 bits per heavy atom. The molecule has 4 aliphatic rings. The third-order valence-corrected chi connectivity index (χ3v) is 7.74. The van der Waals surface area contributed by atoms with Crippen LogP contribution in [0.1, 0.15) is 60.4 Å². The van der Waals surface area contributed by atoms with E-state index in [0.717, 1.165) is 0 Å². The van der Waals surface area contributed by atoms with Crippen molar-refractivity contribution in [1.82, 2.24) is 0 Å². The fourth-order valence-corrected chi connectivity index (χ4v) is 6.16. The van der Waals surface area contributed by atoms with Gasteiger partial charge in [0.25, 0.3) is 0 Å². The number of amides is 2. The van der Waals surface area contributed by atoms with Crippen LogP contribution >= 0.6 is 11.6 Å². The summed E-state index contributed by atoms with van der Waals surface area (Å²) in [5.41, 5.74) is 6.65. The maximum Gasteiger partial charge on any atom is 0.238 e. The topological polar surface area (TPSA) is 37.4 Å². The summed E-state index contributed by atoms with van der Waals surface area (Å²) in [7, 11) is 0. The van der Waals surface area contributed by atoms with Crippen LogP contribution in [0.15, 0.2) is 66.7 Å². The summed E-state index contributed by atoms with van der Waals surface area (Å²) >= 11 is 6.05. The zero-order valence-corrected chi connectivity index (χ0v) is 19.1. The first-order valence-electron chi connectivity index (χ1n) is 11.1. The molecule has 7 rings (SSSR count). The number of nitrogens with zero attached hydrogens (tertiary/aromatic N) is 1. The lowest BCUT2D eigenvalue weighted by molar-refractivity contribution is -0.122. The van der Waals surface area contributed by atoms with Gasteiger partial charge in [0, 0.05) is 16.9 Å². The molecule has 2 bridgehead atoms. The Morgan fingerprint density at radius 1 is 0.719 bits per heavy atom. The van der Waals surface area contributed by atoms with Crippen molar-refractivity contribution in [3.63, 3.8) is 0 Å². The highest BCUT2D eigenvalue weighted by Gasteiger charge is 2.61. The monoisotopic (exact) mass is 441 g/mol. The molecule has 0 radical (unpaired) electrons. The molecule has 1 heterocycles. The summed E-state index contributed by atoms with van der Waals surface area (Å²) in [6, 6.07) is 22.0. The Kier molecular flexibility index (Phi) is 4.04.